The third-order valence-electron chi connectivity index (χ3n) is 2.28. The van der Waals surface area contributed by atoms with E-state index in [2.05, 4.69) is 12.1 Å². The van der Waals surface area contributed by atoms with Crippen LogP contribution < -0.4 is 4.46 Å². The predicted molar refractivity (Wildman–Crippen MR) is 76.2 cm³/mol. The van der Waals surface area contributed by atoms with Gasteiger partial charge in [-0.25, -0.2) is 0 Å². The molecule has 2 aromatic carbocycles. The molecule has 0 aliphatic heterocycles. The normalized spacial score (nSPS) is 10.2. The molecular weight excluding hydrogens is 313 g/mol. The third kappa shape index (κ3) is 3.60. The second-order valence-corrected chi connectivity index (χ2v) is 7.70. The van der Waals surface area contributed by atoms with Gasteiger partial charge >= 0.3 is 115 Å². The van der Waals surface area contributed by atoms with Crippen LogP contribution in [-0.4, -0.2) is 18.8 Å². The molecule has 0 radical (unpaired) electrons. The molecule has 0 bridgehead atoms. The molecule has 3 nitrogen and oxygen atoms in total. The van der Waals surface area contributed by atoms with Gasteiger partial charge in [-0.1, -0.05) is 0 Å². The van der Waals surface area contributed by atoms with Gasteiger partial charge in [-0.2, -0.15) is 0 Å². The molecule has 0 aliphatic rings. The first-order valence-electron chi connectivity index (χ1n) is 5.34. The third-order valence-corrected chi connectivity index (χ3v) is 6.37. The van der Waals surface area contributed by atoms with Gasteiger partial charge in [-0.05, 0) is 0 Å². The minimum atomic E-state index is -0.305. The summed E-state index contributed by atoms with van der Waals surface area (Å²) in [5.41, 5.74) is 1.49. The zero-order valence-corrected chi connectivity index (χ0v) is 12.0. The van der Waals surface area contributed by atoms with Crippen LogP contribution in [0.5, 0.6) is 0 Å². The predicted octanol–water partition coefficient (Wildman–Crippen LogP) is 2.77. The van der Waals surface area contributed by atoms with Crippen LogP contribution in [-0.2, 0) is 5.75 Å². The Morgan fingerprint density at radius 1 is 1.06 bits per heavy atom. The number of nitrogens with zero attached hydrogens (tertiary/aromatic N) is 1. The Morgan fingerprint density at radius 3 is 2.44 bits per heavy atom. The first kappa shape index (κ1) is 13.1. The maximum absolute atomic E-state index is 10.9. The second-order valence-electron chi connectivity index (χ2n) is 3.56. The van der Waals surface area contributed by atoms with E-state index in [1.807, 2.05) is 30.3 Å². The van der Waals surface area contributed by atoms with E-state index in [-0.39, 0.29) is 24.4 Å². The van der Waals surface area contributed by atoms with E-state index in [9.17, 15) is 10.1 Å². The van der Waals surface area contributed by atoms with Crippen molar-refractivity contribution in [3.05, 3.63) is 70.3 Å². The average Bonchev–Trinajstić information content (AvgIpc) is 2.40. The number of hydrogen-bond donors (Lipinski definition) is 0. The van der Waals surface area contributed by atoms with E-state index in [0.717, 1.165) is 10.2 Å². The molecule has 0 aliphatic carbocycles. The number of hydrogen-bond acceptors (Lipinski definition) is 3. The molecule has 18 heavy (non-hydrogen) atoms. The van der Waals surface area contributed by atoms with Crippen LogP contribution in [0.15, 0.2) is 54.6 Å². The van der Waals surface area contributed by atoms with Gasteiger partial charge in [0.2, 0.25) is 0 Å². The minimum absolute atomic E-state index is 0.0690. The Balaban J connectivity index is 1.97. The summed E-state index contributed by atoms with van der Waals surface area (Å²) in [5, 5.41) is 10.9. The number of rotatable bonds is 5. The Labute approximate surface area is 115 Å². The first-order valence-corrected chi connectivity index (χ1v) is 9.21. The summed E-state index contributed by atoms with van der Waals surface area (Å²) in [6.07, 6.45) is 0. The van der Waals surface area contributed by atoms with Crippen molar-refractivity contribution in [1.29, 1.82) is 0 Å². The van der Waals surface area contributed by atoms with Crippen molar-refractivity contribution < 1.29 is 4.92 Å². The summed E-state index contributed by atoms with van der Waals surface area (Å²) in [6, 6.07) is 17.1. The van der Waals surface area contributed by atoms with E-state index >= 15 is 0 Å². The number of nitro benzene ring substituents is 1. The number of nitro groups is 1. The van der Waals surface area contributed by atoms with Crippen molar-refractivity contribution in [3.63, 3.8) is 0 Å². The van der Waals surface area contributed by atoms with Gasteiger partial charge in [-0.15, -0.1) is 0 Å². The van der Waals surface area contributed by atoms with Crippen LogP contribution in [0.3, 0.4) is 0 Å². The summed E-state index contributed by atoms with van der Waals surface area (Å²) >= 11 is 0.0690. The first-order chi connectivity index (χ1) is 8.77. The van der Waals surface area contributed by atoms with Crippen LogP contribution in [0.1, 0.15) is 5.56 Å². The molecule has 0 fully saturated rings. The molecule has 0 saturated carbocycles. The summed E-state index contributed by atoms with van der Waals surface area (Å²) in [4.78, 5) is 10.6. The van der Waals surface area contributed by atoms with E-state index < -0.39 is 0 Å². The van der Waals surface area contributed by atoms with Crippen LogP contribution >= 0.6 is 10.2 Å². The fourth-order valence-corrected chi connectivity index (χ4v) is 5.45. The molecule has 0 saturated heterocycles. The zero-order chi connectivity index (χ0) is 12.8. The van der Waals surface area contributed by atoms with Crippen molar-refractivity contribution in [2.24, 2.45) is 0 Å². The second kappa shape index (κ2) is 6.59. The van der Waals surface area contributed by atoms with Crippen molar-refractivity contribution >= 4 is 34.2 Å². The van der Waals surface area contributed by atoms with Crippen LogP contribution in [0.2, 0.25) is 0 Å². The van der Waals surface area contributed by atoms with Crippen LogP contribution in [0, 0.1) is 10.1 Å². The molecule has 2 rings (SSSR count). The van der Waals surface area contributed by atoms with E-state index in [4.69, 9.17) is 0 Å². The maximum atomic E-state index is 10.9. The summed E-state index contributed by atoms with van der Waals surface area (Å²) in [6.45, 7) is 0. The molecule has 0 spiro atoms. The van der Waals surface area contributed by atoms with Gasteiger partial charge in [0.15, 0.2) is 0 Å². The fourth-order valence-electron chi connectivity index (χ4n) is 1.41. The topological polar surface area (TPSA) is 43.1 Å². The summed E-state index contributed by atoms with van der Waals surface area (Å²) in [5.74, 6) is 0.896. The van der Waals surface area contributed by atoms with Crippen LogP contribution in [0.4, 0.5) is 5.69 Å². The molecule has 92 valence electrons. The van der Waals surface area contributed by atoms with Gasteiger partial charge in [0.05, 0.1) is 0 Å². The number of benzene rings is 2. The Kier molecular flexibility index (Phi) is 4.81. The monoisotopic (exact) mass is 325 g/mol. The molecule has 0 atom stereocenters. The molecular formula is C13H11NO2SSe. The zero-order valence-electron chi connectivity index (χ0n) is 9.48. The van der Waals surface area contributed by atoms with Gasteiger partial charge in [-0.3, -0.25) is 0 Å². The average molecular weight is 324 g/mol. The fraction of sp³-hybridized carbons (Fsp3) is 0.0769. The van der Waals surface area contributed by atoms with Gasteiger partial charge < -0.3 is 0 Å². The van der Waals surface area contributed by atoms with E-state index in [1.165, 1.54) is 5.56 Å². The van der Waals surface area contributed by atoms with Crippen molar-refractivity contribution in [2.45, 2.75) is 5.75 Å². The SMILES string of the molecule is O=[N+]([O-])c1ccccc1[Se]SCc1ccccc1. The molecule has 0 heterocycles. The molecule has 0 unspecified atom stereocenters. The summed E-state index contributed by atoms with van der Waals surface area (Å²) in [7, 11) is 1.75. The molecule has 0 N–H and O–H groups in total. The van der Waals surface area contributed by atoms with Gasteiger partial charge in [0, 0.05) is 0 Å². The summed E-state index contributed by atoms with van der Waals surface area (Å²) < 4.78 is 0.843. The Bertz CT molecular complexity index is 534. The van der Waals surface area contributed by atoms with Crippen molar-refractivity contribution in [2.75, 3.05) is 0 Å². The molecule has 2 aromatic rings. The van der Waals surface area contributed by atoms with Gasteiger partial charge in [0.25, 0.3) is 0 Å². The number of para-hydroxylation sites is 1. The molecule has 0 amide bonds. The quantitative estimate of drug-likeness (QED) is 0.482. The standard InChI is InChI=1S/C13H11NO2SSe/c15-14(16)12-8-4-5-9-13(12)18-17-10-11-6-2-1-3-7-11/h1-9H,10H2. The molecule has 5 heteroatoms. The van der Waals surface area contributed by atoms with Crippen molar-refractivity contribution in [3.8, 4) is 0 Å². The Hall–Kier alpha value is -1.29. The Morgan fingerprint density at radius 2 is 1.72 bits per heavy atom. The van der Waals surface area contributed by atoms with E-state index in [0.29, 0.717) is 0 Å². The molecule has 0 aromatic heterocycles. The van der Waals surface area contributed by atoms with Crippen LogP contribution in [0.25, 0.3) is 0 Å². The van der Waals surface area contributed by atoms with E-state index in [1.54, 1.807) is 22.3 Å². The van der Waals surface area contributed by atoms with Gasteiger partial charge in [0.1, 0.15) is 0 Å². The van der Waals surface area contributed by atoms with Crippen molar-refractivity contribution in [1.82, 2.24) is 0 Å².